The molecule has 2 rings (SSSR count). The smallest absolute Gasteiger partial charge is 0.131 e. The van der Waals surface area contributed by atoms with E-state index in [1.807, 2.05) is 12.1 Å². The number of hydrogen-bond donors (Lipinski definition) is 1. The lowest BCUT2D eigenvalue weighted by Crippen LogP contribution is -1.91. The van der Waals surface area contributed by atoms with Gasteiger partial charge in [0.05, 0.1) is 0 Å². The van der Waals surface area contributed by atoms with Gasteiger partial charge < -0.3 is 5.11 Å². The molecule has 124 valence electrons. The molecule has 2 aromatic rings. The summed E-state index contributed by atoms with van der Waals surface area (Å²) in [5.41, 5.74) is 2.45. The van der Waals surface area contributed by atoms with Gasteiger partial charge in [-0.15, -0.1) is 0 Å². The Morgan fingerprint density at radius 3 is 2.13 bits per heavy atom. The summed E-state index contributed by atoms with van der Waals surface area (Å²) in [6.45, 7) is 2.23. The number of aromatic hydroxyl groups is 1. The van der Waals surface area contributed by atoms with E-state index in [-0.39, 0.29) is 11.6 Å². The fraction of sp³-hybridized carbons (Fsp3) is 0.429. The van der Waals surface area contributed by atoms with E-state index < -0.39 is 0 Å². The van der Waals surface area contributed by atoms with Crippen LogP contribution in [0, 0.1) is 5.82 Å². The number of benzene rings is 2. The molecule has 0 radical (unpaired) electrons. The lowest BCUT2D eigenvalue weighted by Gasteiger charge is -2.07. The quantitative estimate of drug-likeness (QED) is 0.524. The van der Waals surface area contributed by atoms with Crippen molar-refractivity contribution in [3.8, 4) is 16.9 Å². The van der Waals surface area contributed by atoms with Crippen molar-refractivity contribution in [3.05, 3.63) is 53.8 Å². The van der Waals surface area contributed by atoms with Crippen molar-refractivity contribution in [1.29, 1.82) is 0 Å². The van der Waals surface area contributed by atoms with Gasteiger partial charge in [0.15, 0.2) is 0 Å². The number of halogens is 1. The Hall–Kier alpha value is -1.83. The Morgan fingerprint density at radius 2 is 1.48 bits per heavy atom. The summed E-state index contributed by atoms with van der Waals surface area (Å²) < 4.78 is 14.3. The van der Waals surface area contributed by atoms with E-state index in [2.05, 4.69) is 6.92 Å². The molecule has 0 unspecified atom stereocenters. The molecule has 0 bridgehead atoms. The molecular weight excluding hydrogens is 287 g/mol. The van der Waals surface area contributed by atoms with Gasteiger partial charge in [-0.05, 0) is 42.2 Å². The third-order valence-corrected chi connectivity index (χ3v) is 4.28. The third kappa shape index (κ3) is 5.70. The molecule has 0 fully saturated rings. The predicted octanol–water partition coefficient (Wildman–Crippen LogP) is 6.49. The molecule has 0 aliphatic rings. The van der Waals surface area contributed by atoms with Crippen molar-refractivity contribution >= 4 is 0 Å². The maximum atomic E-state index is 14.3. The molecule has 0 saturated carbocycles. The molecule has 0 spiro atoms. The van der Waals surface area contributed by atoms with Gasteiger partial charge in [-0.25, -0.2) is 4.39 Å². The Labute approximate surface area is 139 Å². The fourth-order valence-electron chi connectivity index (χ4n) is 2.88. The highest BCUT2D eigenvalue weighted by atomic mass is 19.1. The first-order valence-corrected chi connectivity index (χ1v) is 8.78. The van der Waals surface area contributed by atoms with E-state index in [0.29, 0.717) is 5.56 Å². The van der Waals surface area contributed by atoms with Crippen LogP contribution in [0.5, 0.6) is 5.75 Å². The molecule has 0 aliphatic carbocycles. The zero-order chi connectivity index (χ0) is 16.5. The van der Waals surface area contributed by atoms with Gasteiger partial charge in [-0.3, -0.25) is 0 Å². The second-order valence-corrected chi connectivity index (χ2v) is 6.23. The minimum Gasteiger partial charge on any atom is -0.508 e. The standard InChI is InChI=1S/C21H27FO/c1-2-3-4-5-6-7-8-9-17-10-15-20(21(22)16-17)18-11-13-19(23)14-12-18/h10-16,23H,2-9H2,1H3. The summed E-state index contributed by atoms with van der Waals surface area (Å²) >= 11 is 0. The van der Waals surface area contributed by atoms with Crippen LogP contribution in [0.3, 0.4) is 0 Å². The average molecular weight is 314 g/mol. The molecule has 0 amide bonds. The lowest BCUT2D eigenvalue weighted by molar-refractivity contribution is 0.475. The van der Waals surface area contributed by atoms with Gasteiger partial charge >= 0.3 is 0 Å². The van der Waals surface area contributed by atoms with Gasteiger partial charge in [-0.2, -0.15) is 0 Å². The predicted molar refractivity (Wildman–Crippen MR) is 95.2 cm³/mol. The van der Waals surface area contributed by atoms with Crippen molar-refractivity contribution in [3.63, 3.8) is 0 Å². The number of aryl methyl sites for hydroxylation is 1. The molecule has 23 heavy (non-hydrogen) atoms. The molecule has 0 saturated heterocycles. The topological polar surface area (TPSA) is 20.2 Å². The van der Waals surface area contributed by atoms with E-state index >= 15 is 0 Å². The van der Waals surface area contributed by atoms with Crippen LogP contribution < -0.4 is 0 Å². The van der Waals surface area contributed by atoms with Gasteiger partial charge in [0, 0.05) is 5.56 Å². The van der Waals surface area contributed by atoms with Crippen molar-refractivity contribution in [2.75, 3.05) is 0 Å². The van der Waals surface area contributed by atoms with Crippen molar-refractivity contribution in [2.45, 2.75) is 58.3 Å². The van der Waals surface area contributed by atoms with Crippen LogP contribution in [0.1, 0.15) is 57.4 Å². The van der Waals surface area contributed by atoms with E-state index in [4.69, 9.17) is 0 Å². The minimum absolute atomic E-state index is 0.184. The van der Waals surface area contributed by atoms with Crippen LogP contribution in [0.2, 0.25) is 0 Å². The highest BCUT2D eigenvalue weighted by molar-refractivity contribution is 5.65. The largest absolute Gasteiger partial charge is 0.508 e. The van der Waals surface area contributed by atoms with Crippen molar-refractivity contribution in [1.82, 2.24) is 0 Å². The van der Waals surface area contributed by atoms with Crippen molar-refractivity contribution in [2.24, 2.45) is 0 Å². The molecule has 0 heterocycles. The summed E-state index contributed by atoms with van der Waals surface area (Å²) in [6.07, 6.45) is 9.87. The summed E-state index contributed by atoms with van der Waals surface area (Å²) in [7, 11) is 0. The van der Waals surface area contributed by atoms with Gasteiger partial charge in [0.2, 0.25) is 0 Å². The Balaban J connectivity index is 1.83. The molecule has 2 heteroatoms. The number of unbranched alkanes of at least 4 members (excludes halogenated alkanes) is 6. The molecular formula is C21H27FO. The number of rotatable bonds is 9. The Kier molecular flexibility index (Phi) is 7.12. The van der Waals surface area contributed by atoms with Gasteiger partial charge in [0.25, 0.3) is 0 Å². The van der Waals surface area contributed by atoms with Gasteiger partial charge in [0.1, 0.15) is 11.6 Å². The maximum Gasteiger partial charge on any atom is 0.131 e. The van der Waals surface area contributed by atoms with Gasteiger partial charge in [-0.1, -0.05) is 69.7 Å². The van der Waals surface area contributed by atoms with Crippen LogP contribution in [-0.2, 0) is 6.42 Å². The molecule has 1 nitrogen and oxygen atoms in total. The fourth-order valence-corrected chi connectivity index (χ4v) is 2.88. The molecule has 2 aromatic carbocycles. The summed E-state index contributed by atoms with van der Waals surface area (Å²) in [4.78, 5) is 0. The van der Waals surface area contributed by atoms with E-state index in [1.54, 1.807) is 30.3 Å². The molecule has 0 atom stereocenters. The second-order valence-electron chi connectivity index (χ2n) is 6.23. The monoisotopic (exact) mass is 314 g/mol. The van der Waals surface area contributed by atoms with Crippen LogP contribution in [-0.4, -0.2) is 5.11 Å². The SMILES string of the molecule is CCCCCCCCCc1ccc(-c2ccc(O)cc2)c(F)c1. The van der Waals surface area contributed by atoms with E-state index in [9.17, 15) is 9.50 Å². The van der Waals surface area contributed by atoms with E-state index in [0.717, 1.165) is 24.0 Å². The maximum absolute atomic E-state index is 14.3. The lowest BCUT2D eigenvalue weighted by atomic mass is 10.00. The Morgan fingerprint density at radius 1 is 0.826 bits per heavy atom. The highest BCUT2D eigenvalue weighted by Gasteiger charge is 2.06. The summed E-state index contributed by atoms with van der Waals surface area (Å²) in [6, 6.07) is 12.2. The normalized spacial score (nSPS) is 10.9. The van der Waals surface area contributed by atoms with Crippen LogP contribution in [0.4, 0.5) is 4.39 Å². The van der Waals surface area contributed by atoms with Crippen LogP contribution >= 0.6 is 0 Å². The molecule has 0 aromatic heterocycles. The van der Waals surface area contributed by atoms with Crippen molar-refractivity contribution < 1.29 is 9.50 Å². The summed E-state index contributed by atoms with van der Waals surface area (Å²) in [5.74, 6) is 0.0147. The third-order valence-electron chi connectivity index (χ3n) is 4.28. The second kappa shape index (κ2) is 9.34. The Bertz CT molecular complexity index is 589. The first-order valence-electron chi connectivity index (χ1n) is 8.78. The van der Waals surface area contributed by atoms with E-state index in [1.165, 1.54) is 38.5 Å². The molecule has 1 N–H and O–H groups in total. The minimum atomic E-state index is -0.184. The van der Waals surface area contributed by atoms with Crippen LogP contribution in [0.25, 0.3) is 11.1 Å². The van der Waals surface area contributed by atoms with Crippen LogP contribution in [0.15, 0.2) is 42.5 Å². The summed E-state index contributed by atoms with van der Waals surface area (Å²) in [5, 5.41) is 9.31. The average Bonchev–Trinajstić information content (AvgIpc) is 2.55. The zero-order valence-corrected chi connectivity index (χ0v) is 14.0. The first kappa shape index (κ1) is 17.5. The number of hydrogen-bond acceptors (Lipinski definition) is 1. The highest BCUT2D eigenvalue weighted by Crippen LogP contribution is 2.26. The first-order chi connectivity index (χ1) is 11.2. The molecule has 0 aliphatic heterocycles. The number of phenols is 1. The number of phenolic OH excluding ortho intramolecular Hbond substituents is 1. The zero-order valence-electron chi connectivity index (χ0n) is 14.0.